The van der Waals surface area contributed by atoms with Gasteiger partial charge in [0.2, 0.25) is 5.91 Å². The van der Waals surface area contributed by atoms with E-state index in [4.69, 9.17) is 4.74 Å². The second-order valence-electron chi connectivity index (χ2n) is 8.16. The number of ketones is 1. The van der Waals surface area contributed by atoms with Crippen molar-refractivity contribution < 1.29 is 33.5 Å². The lowest BCUT2D eigenvalue weighted by molar-refractivity contribution is -0.119. The fraction of sp³-hybridized carbons (Fsp3) is 0.111. The zero-order valence-electron chi connectivity index (χ0n) is 19.9. The van der Waals surface area contributed by atoms with Gasteiger partial charge in [0.25, 0.3) is 17.7 Å². The molecule has 0 atom stereocenters. The van der Waals surface area contributed by atoms with E-state index >= 15 is 0 Å². The molecule has 37 heavy (non-hydrogen) atoms. The Morgan fingerprint density at radius 3 is 2.16 bits per heavy atom. The number of esters is 1. The first kappa shape index (κ1) is 25.0. The van der Waals surface area contributed by atoms with Crippen molar-refractivity contribution in [3.8, 4) is 0 Å². The number of anilines is 3. The van der Waals surface area contributed by atoms with Gasteiger partial charge in [0.05, 0.1) is 28.1 Å². The zero-order chi connectivity index (χ0) is 26.7. The van der Waals surface area contributed by atoms with Crippen LogP contribution in [-0.4, -0.2) is 42.0 Å². The first-order valence-electron chi connectivity index (χ1n) is 11.1. The average molecular weight is 499 g/mol. The molecule has 1 aliphatic rings. The van der Waals surface area contributed by atoms with Crippen LogP contribution < -0.4 is 15.5 Å². The number of nitrogens with zero attached hydrogens (tertiary/aromatic N) is 1. The number of fused-ring (bicyclic) bond motifs is 1. The molecule has 0 aliphatic carbocycles. The van der Waals surface area contributed by atoms with Gasteiger partial charge in [0, 0.05) is 18.2 Å². The van der Waals surface area contributed by atoms with Gasteiger partial charge in [-0.25, -0.2) is 9.69 Å². The number of imide groups is 1. The summed E-state index contributed by atoms with van der Waals surface area (Å²) >= 11 is 0. The number of carbonyl (C=O) groups is 6. The molecule has 1 aliphatic heterocycles. The highest BCUT2D eigenvalue weighted by atomic mass is 16.5. The minimum Gasteiger partial charge on any atom is -0.452 e. The number of rotatable bonds is 7. The first-order valence-corrected chi connectivity index (χ1v) is 11.1. The molecule has 0 saturated carbocycles. The predicted molar refractivity (Wildman–Crippen MR) is 134 cm³/mol. The second-order valence-corrected chi connectivity index (χ2v) is 8.16. The summed E-state index contributed by atoms with van der Waals surface area (Å²) in [6, 6.07) is 16.5. The minimum absolute atomic E-state index is 0.0142. The van der Waals surface area contributed by atoms with Crippen LogP contribution in [0.2, 0.25) is 0 Å². The van der Waals surface area contributed by atoms with Crippen molar-refractivity contribution in [2.75, 3.05) is 22.1 Å². The SMILES string of the molecule is CC(=O)Nc1ccc(N2C(=O)c3ccc(C(=O)OCC(=O)Nc4ccccc4C(C)=O)cc3C2=O)cc1. The molecule has 0 radical (unpaired) electrons. The largest absolute Gasteiger partial charge is 0.452 e. The van der Waals surface area contributed by atoms with Crippen molar-refractivity contribution in [3.05, 3.63) is 89.0 Å². The fourth-order valence-corrected chi connectivity index (χ4v) is 3.80. The summed E-state index contributed by atoms with van der Waals surface area (Å²) in [5.74, 6) is -3.19. The minimum atomic E-state index is -0.865. The van der Waals surface area contributed by atoms with Crippen LogP contribution in [0.5, 0.6) is 0 Å². The molecule has 10 heteroatoms. The Kier molecular flexibility index (Phi) is 6.92. The quantitative estimate of drug-likeness (QED) is 0.288. The summed E-state index contributed by atoms with van der Waals surface area (Å²) in [4.78, 5) is 74.5. The topological polar surface area (TPSA) is 139 Å². The maximum Gasteiger partial charge on any atom is 0.338 e. The number of benzene rings is 3. The van der Waals surface area contributed by atoms with Gasteiger partial charge in [-0.15, -0.1) is 0 Å². The number of amides is 4. The van der Waals surface area contributed by atoms with E-state index in [1.54, 1.807) is 36.4 Å². The van der Waals surface area contributed by atoms with Crippen molar-refractivity contribution in [3.63, 3.8) is 0 Å². The van der Waals surface area contributed by atoms with E-state index in [9.17, 15) is 28.8 Å². The van der Waals surface area contributed by atoms with Crippen LogP contribution in [0.1, 0.15) is 55.3 Å². The third-order valence-corrected chi connectivity index (χ3v) is 5.48. The van der Waals surface area contributed by atoms with Gasteiger partial charge in [-0.3, -0.25) is 24.0 Å². The molecule has 3 aromatic carbocycles. The molecule has 0 bridgehead atoms. The van der Waals surface area contributed by atoms with Gasteiger partial charge < -0.3 is 15.4 Å². The maximum absolute atomic E-state index is 13.0. The van der Waals surface area contributed by atoms with E-state index < -0.39 is 30.3 Å². The molecule has 2 N–H and O–H groups in total. The highest BCUT2D eigenvalue weighted by Crippen LogP contribution is 2.30. The molecular weight excluding hydrogens is 478 g/mol. The highest BCUT2D eigenvalue weighted by Gasteiger charge is 2.37. The lowest BCUT2D eigenvalue weighted by Crippen LogP contribution is -2.29. The molecule has 0 fully saturated rings. The monoisotopic (exact) mass is 499 g/mol. The molecule has 1 heterocycles. The van der Waals surface area contributed by atoms with E-state index in [0.717, 1.165) is 4.90 Å². The number of hydrogen-bond donors (Lipinski definition) is 2. The Balaban J connectivity index is 1.44. The third-order valence-electron chi connectivity index (χ3n) is 5.48. The standard InChI is InChI=1S/C27H21N3O7/c1-15(31)20-5-3-4-6-23(20)29-24(33)14-37-27(36)17-7-12-21-22(13-17)26(35)30(25(21)34)19-10-8-18(9-11-19)28-16(2)32/h3-13H,14H2,1-2H3,(H,28,32)(H,29,33). The predicted octanol–water partition coefficient (Wildman–Crippen LogP) is 3.44. The van der Waals surface area contributed by atoms with Gasteiger partial charge in [0.15, 0.2) is 12.4 Å². The normalized spacial score (nSPS) is 12.1. The summed E-state index contributed by atoms with van der Waals surface area (Å²) in [6.07, 6.45) is 0. The lowest BCUT2D eigenvalue weighted by Gasteiger charge is -2.14. The summed E-state index contributed by atoms with van der Waals surface area (Å²) in [5, 5.41) is 5.13. The maximum atomic E-state index is 13.0. The zero-order valence-corrected chi connectivity index (χ0v) is 19.9. The lowest BCUT2D eigenvalue weighted by atomic mass is 10.1. The number of ether oxygens (including phenoxy) is 1. The Bertz CT molecular complexity index is 1460. The molecule has 3 aromatic rings. The van der Waals surface area contributed by atoms with E-state index in [1.807, 2.05) is 0 Å². The van der Waals surface area contributed by atoms with E-state index in [0.29, 0.717) is 22.6 Å². The van der Waals surface area contributed by atoms with Crippen LogP contribution in [0.3, 0.4) is 0 Å². The van der Waals surface area contributed by atoms with Crippen molar-refractivity contribution in [2.45, 2.75) is 13.8 Å². The van der Waals surface area contributed by atoms with Crippen LogP contribution in [0.4, 0.5) is 17.1 Å². The van der Waals surface area contributed by atoms with Crippen molar-refractivity contribution in [1.82, 2.24) is 0 Å². The van der Waals surface area contributed by atoms with Crippen molar-refractivity contribution in [2.24, 2.45) is 0 Å². The number of nitrogens with one attached hydrogen (secondary N) is 2. The molecule has 0 saturated heterocycles. The summed E-state index contributed by atoms with van der Waals surface area (Å²) in [5.41, 5.74) is 1.54. The molecule has 4 amide bonds. The molecular formula is C27H21N3O7. The Morgan fingerprint density at radius 1 is 0.811 bits per heavy atom. The number of carbonyl (C=O) groups excluding carboxylic acids is 6. The second kappa shape index (κ2) is 10.2. The number of hydrogen-bond acceptors (Lipinski definition) is 7. The van der Waals surface area contributed by atoms with Crippen LogP contribution >= 0.6 is 0 Å². The Hall–Kier alpha value is -5.12. The first-order chi connectivity index (χ1) is 17.7. The van der Waals surface area contributed by atoms with Crippen LogP contribution in [-0.2, 0) is 14.3 Å². The van der Waals surface area contributed by atoms with Gasteiger partial charge >= 0.3 is 5.97 Å². The van der Waals surface area contributed by atoms with Gasteiger partial charge in [0.1, 0.15) is 0 Å². The summed E-state index contributed by atoms with van der Waals surface area (Å²) < 4.78 is 5.06. The molecule has 0 spiro atoms. The van der Waals surface area contributed by atoms with Crippen molar-refractivity contribution >= 4 is 52.4 Å². The van der Waals surface area contributed by atoms with Crippen LogP contribution in [0, 0.1) is 0 Å². The van der Waals surface area contributed by atoms with Gasteiger partial charge in [-0.2, -0.15) is 0 Å². The molecule has 0 aromatic heterocycles. The number of para-hydroxylation sites is 1. The molecule has 186 valence electrons. The van der Waals surface area contributed by atoms with Crippen molar-refractivity contribution in [1.29, 1.82) is 0 Å². The van der Waals surface area contributed by atoms with Gasteiger partial charge in [-0.05, 0) is 61.5 Å². The number of Topliss-reactive ketones (excluding diaryl/α,β-unsaturated/α-hetero) is 1. The van der Waals surface area contributed by atoms with E-state index in [-0.39, 0.29) is 28.4 Å². The third kappa shape index (κ3) is 5.27. The fourth-order valence-electron chi connectivity index (χ4n) is 3.80. The van der Waals surface area contributed by atoms with Crippen LogP contribution in [0.25, 0.3) is 0 Å². The molecule has 0 unspecified atom stereocenters. The Morgan fingerprint density at radius 2 is 1.49 bits per heavy atom. The van der Waals surface area contributed by atoms with Crippen LogP contribution in [0.15, 0.2) is 66.7 Å². The average Bonchev–Trinajstić information content (AvgIpc) is 3.12. The summed E-state index contributed by atoms with van der Waals surface area (Å²) in [6.45, 7) is 2.11. The van der Waals surface area contributed by atoms with E-state index in [1.165, 1.54) is 44.2 Å². The molecule has 10 nitrogen and oxygen atoms in total. The molecule has 4 rings (SSSR count). The van der Waals surface area contributed by atoms with E-state index in [2.05, 4.69) is 10.6 Å². The summed E-state index contributed by atoms with van der Waals surface area (Å²) in [7, 11) is 0. The van der Waals surface area contributed by atoms with Gasteiger partial charge in [-0.1, -0.05) is 12.1 Å². The Labute approximate surface area is 211 Å². The highest BCUT2D eigenvalue weighted by molar-refractivity contribution is 6.34. The smallest absolute Gasteiger partial charge is 0.338 e.